The highest BCUT2D eigenvalue weighted by atomic mass is 32.2. The minimum Gasteiger partial charge on any atom is -0.340 e. The Hall–Kier alpha value is -1.54. The summed E-state index contributed by atoms with van der Waals surface area (Å²) in [4.78, 5) is 39.8. The number of urea groups is 1. The number of nitrogens with one attached hydrogen (secondary N) is 2. The van der Waals surface area contributed by atoms with E-state index in [1.807, 2.05) is 36.6 Å². The largest absolute Gasteiger partial charge is 0.340 e. The van der Waals surface area contributed by atoms with E-state index in [1.54, 1.807) is 6.08 Å². The molecule has 3 amide bonds. The monoisotopic (exact) mass is 422 g/mol. The van der Waals surface area contributed by atoms with Gasteiger partial charge >= 0.3 is 6.03 Å². The number of unbranched alkanes of at least 4 members (excludes halogenated alkanes) is 1. The summed E-state index contributed by atoms with van der Waals surface area (Å²) in [6.45, 7) is 7.84. The molecule has 3 saturated heterocycles. The third-order valence-electron chi connectivity index (χ3n) is 6.01. The van der Waals surface area contributed by atoms with E-state index in [0.29, 0.717) is 11.7 Å². The molecule has 0 saturated carbocycles. The van der Waals surface area contributed by atoms with Crippen molar-refractivity contribution in [1.29, 1.82) is 0 Å². The lowest BCUT2D eigenvalue weighted by atomic mass is 10.0. The standard InChI is InChI=1S/C21H34N4O3S/c1-15(2)17(26)6-5-9-24-10-12-25(13-11-24)19(27)8-4-3-7-18-20-16(14-29-18)22-21(28)23-20/h5-6,15-16,18,20H,3-4,7-14H2,1-2H3,(H2,22,23,28)/b6-5+. The van der Waals surface area contributed by atoms with Gasteiger partial charge in [-0.1, -0.05) is 26.3 Å². The molecule has 8 heteroatoms. The molecule has 3 unspecified atom stereocenters. The summed E-state index contributed by atoms with van der Waals surface area (Å²) in [5.74, 6) is 1.45. The number of thioether (sulfide) groups is 1. The average molecular weight is 423 g/mol. The zero-order chi connectivity index (χ0) is 20.8. The van der Waals surface area contributed by atoms with Crippen molar-refractivity contribution in [3.63, 3.8) is 0 Å². The highest BCUT2D eigenvalue weighted by Crippen LogP contribution is 2.33. The molecule has 2 N–H and O–H groups in total. The van der Waals surface area contributed by atoms with Crippen LogP contribution in [0, 0.1) is 5.92 Å². The van der Waals surface area contributed by atoms with Crippen molar-refractivity contribution in [2.45, 2.75) is 56.9 Å². The number of nitrogens with zero attached hydrogens (tertiary/aromatic N) is 2. The first-order chi connectivity index (χ1) is 13.9. The predicted octanol–water partition coefficient (Wildman–Crippen LogP) is 1.64. The summed E-state index contributed by atoms with van der Waals surface area (Å²) < 4.78 is 0. The molecule has 0 bridgehead atoms. The normalized spacial score (nSPS) is 27.3. The molecule has 3 aliphatic rings. The Morgan fingerprint density at radius 3 is 2.66 bits per heavy atom. The Kier molecular flexibility index (Phi) is 8.00. The zero-order valence-corrected chi connectivity index (χ0v) is 18.4. The van der Waals surface area contributed by atoms with Crippen LogP contribution >= 0.6 is 11.8 Å². The Balaban J connectivity index is 1.27. The second-order valence-electron chi connectivity index (χ2n) is 8.51. The maximum Gasteiger partial charge on any atom is 0.315 e. The SMILES string of the molecule is CC(C)C(=O)/C=C/CN1CCN(C(=O)CCCCC2SCC3NC(=O)NC32)CC1. The molecule has 3 fully saturated rings. The van der Waals surface area contributed by atoms with Crippen molar-refractivity contribution >= 4 is 29.5 Å². The van der Waals surface area contributed by atoms with Crippen molar-refractivity contribution in [3.8, 4) is 0 Å². The Morgan fingerprint density at radius 2 is 1.93 bits per heavy atom. The maximum atomic E-state index is 12.5. The lowest BCUT2D eigenvalue weighted by Gasteiger charge is -2.34. The van der Waals surface area contributed by atoms with Crippen LogP contribution in [0.4, 0.5) is 4.79 Å². The van der Waals surface area contributed by atoms with E-state index in [1.165, 1.54) is 0 Å². The van der Waals surface area contributed by atoms with E-state index < -0.39 is 0 Å². The number of amides is 3. The van der Waals surface area contributed by atoms with E-state index in [9.17, 15) is 14.4 Å². The number of carbonyl (C=O) groups excluding carboxylic acids is 3. The maximum absolute atomic E-state index is 12.5. The highest BCUT2D eigenvalue weighted by Gasteiger charge is 2.42. The van der Waals surface area contributed by atoms with Crippen LogP contribution in [0.15, 0.2) is 12.2 Å². The number of fused-ring (bicyclic) bond motifs is 1. The van der Waals surface area contributed by atoms with Gasteiger partial charge in [0.05, 0.1) is 12.1 Å². The fourth-order valence-corrected chi connectivity index (χ4v) is 5.66. The third kappa shape index (κ3) is 6.22. The number of hydrogen-bond acceptors (Lipinski definition) is 5. The lowest BCUT2D eigenvalue weighted by molar-refractivity contribution is -0.133. The van der Waals surface area contributed by atoms with Gasteiger partial charge in [-0.15, -0.1) is 0 Å². The van der Waals surface area contributed by atoms with Gasteiger partial charge in [0.2, 0.25) is 5.91 Å². The molecule has 7 nitrogen and oxygen atoms in total. The molecule has 3 rings (SSSR count). The molecule has 3 heterocycles. The second kappa shape index (κ2) is 10.5. The van der Waals surface area contributed by atoms with E-state index >= 15 is 0 Å². The van der Waals surface area contributed by atoms with E-state index in [0.717, 1.165) is 57.7 Å². The molecule has 3 aliphatic heterocycles. The number of rotatable bonds is 9. The minimum atomic E-state index is -0.0402. The van der Waals surface area contributed by atoms with Gasteiger partial charge in [0.1, 0.15) is 0 Å². The van der Waals surface area contributed by atoms with Crippen LogP contribution < -0.4 is 10.6 Å². The summed E-state index contributed by atoms with van der Waals surface area (Å²) in [7, 11) is 0. The van der Waals surface area contributed by atoms with Crippen molar-refractivity contribution in [1.82, 2.24) is 20.4 Å². The first kappa shape index (κ1) is 22.2. The minimum absolute atomic E-state index is 0.0402. The van der Waals surface area contributed by atoms with Crippen molar-refractivity contribution < 1.29 is 14.4 Å². The van der Waals surface area contributed by atoms with Crippen LogP contribution in [0.25, 0.3) is 0 Å². The molecule has 0 radical (unpaired) electrons. The molecular weight excluding hydrogens is 388 g/mol. The predicted molar refractivity (Wildman–Crippen MR) is 116 cm³/mol. The van der Waals surface area contributed by atoms with Crippen LogP contribution in [0.3, 0.4) is 0 Å². The van der Waals surface area contributed by atoms with Crippen LogP contribution in [-0.4, -0.2) is 83.3 Å². The van der Waals surface area contributed by atoms with Crippen LogP contribution in [0.5, 0.6) is 0 Å². The van der Waals surface area contributed by atoms with Gasteiger partial charge in [0, 0.05) is 56.1 Å². The van der Waals surface area contributed by atoms with Gasteiger partial charge in [0.15, 0.2) is 5.78 Å². The van der Waals surface area contributed by atoms with Crippen molar-refractivity contribution in [3.05, 3.63) is 12.2 Å². The molecule has 162 valence electrons. The number of carbonyl (C=O) groups is 3. The smallest absolute Gasteiger partial charge is 0.315 e. The number of piperazine rings is 1. The summed E-state index contributed by atoms with van der Waals surface area (Å²) in [5.41, 5.74) is 0. The topological polar surface area (TPSA) is 81.8 Å². The quantitative estimate of drug-likeness (QED) is 0.335. The first-order valence-corrected chi connectivity index (χ1v) is 11.9. The molecular formula is C21H34N4O3S. The third-order valence-corrected chi connectivity index (χ3v) is 7.52. The summed E-state index contributed by atoms with van der Waals surface area (Å²) in [6.07, 6.45) is 7.22. The number of hydrogen-bond donors (Lipinski definition) is 2. The molecule has 0 aliphatic carbocycles. The van der Waals surface area contributed by atoms with Gasteiger partial charge in [-0.05, 0) is 18.9 Å². The van der Waals surface area contributed by atoms with Crippen molar-refractivity contribution in [2.24, 2.45) is 5.92 Å². The van der Waals surface area contributed by atoms with Gasteiger partial charge in [-0.2, -0.15) is 11.8 Å². The fourth-order valence-electron chi connectivity index (χ4n) is 4.11. The lowest BCUT2D eigenvalue weighted by Crippen LogP contribution is -2.48. The number of ketones is 1. The van der Waals surface area contributed by atoms with E-state index in [4.69, 9.17) is 0 Å². The first-order valence-electron chi connectivity index (χ1n) is 10.8. The molecule has 0 spiro atoms. The Morgan fingerprint density at radius 1 is 1.17 bits per heavy atom. The number of allylic oxidation sites excluding steroid dienone is 1. The van der Waals surface area contributed by atoms with E-state index in [-0.39, 0.29) is 35.7 Å². The van der Waals surface area contributed by atoms with Crippen molar-refractivity contribution in [2.75, 3.05) is 38.5 Å². The fraction of sp³-hybridized carbons (Fsp3) is 0.762. The van der Waals surface area contributed by atoms with Crippen LogP contribution in [-0.2, 0) is 9.59 Å². The molecule has 0 aromatic heterocycles. The van der Waals surface area contributed by atoms with Gasteiger partial charge in [0.25, 0.3) is 0 Å². The Labute approximate surface area is 178 Å². The highest BCUT2D eigenvalue weighted by molar-refractivity contribution is 8.00. The zero-order valence-electron chi connectivity index (χ0n) is 17.6. The molecule has 0 aromatic carbocycles. The van der Waals surface area contributed by atoms with Gasteiger partial charge in [-0.3, -0.25) is 14.5 Å². The summed E-state index contributed by atoms with van der Waals surface area (Å²) in [6, 6.07) is 0.483. The molecule has 0 aromatic rings. The summed E-state index contributed by atoms with van der Waals surface area (Å²) in [5, 5.41) is 6.46. The van der Waals surface area contributed by atoms with E-state index in [2.05, 4.69) is 15.5 Å². The van der Waals surface area contributed by atoms with Gasteiger partial charge in [-0.25, -0.2) is 4.79 Å². The Bertz CT molecular complexity index is 631. The average Bonchev–Trinajstić information content (AvgIpc) is 3.24. The van der Waals surface area contributed by atoms with Crippen LogP contribution in [0.2, 0.25) is 0 Å². The molecule has 3 atom stereocenters. The van der Waals surface area contributed by atoms with Crippen LogP contribution in [0.1, 0.15) is 39.5 Å². The van der Waals surface area contributed by atoms with Gasteiger partial charge < -0.3 is 15.5 Å². The second-order valence-corrected chi connectivity index (χ2v) is 9.78. The molecule has 29 heavy (non-hydrogen) atoms. The summed E-state index contributed by atoms with van der Waals surface area (Å²) >= 11 is 1.93.